The molecule has 0 aliphatic carbocycles. The molecule has 0 aliphatic heterocycles. The van der Waals surface area contributed by atoms with Gasteiger partial charge in [-0.1, -0.05) is 54.9 Å². The molecule has 0 heterocycles. The van der Waals surface area contributed by atoms with E-state index in [-0.39, 0.29) is 0 Å². The molecule has 3 heteroatoms. The Morgan fingerprint density at radius 3 is 2.30 bits per heavy atom. The average molecular weight is 327 g/mol. The van der Waals surface area contributed by atoms with E-state index in [1.54, 1.807) is 0 Å². The molecular formula is C20H23ClN2. The SMILES string of the molecule is CCc1ccccc1C(C#N)(CCN(C)C)c1ccc(Cl)cc1. The molecule has 0 spiro atoms. The summed E-state index contributed by atoms with van der Waals surface area (Å²) in [5.74, 6) is 0. The molecule has 2 rings (SSSR count). The molecule has 2 aromatic rings. The highest BCUT2D eigenvalue weighted by atomic mass is 35.5. The van der Waals surface area contributed by atoms with Crippen molar-refractivity contribution in [1.29, 1.82) is 5.26 Å². The van der Waals surface area contributed by atoms with E-state index in [2.05, 4.69) is 30.0 Å². The van der Waals surface area contributed by atoms with E-state index < -0.39 is 5.41 Å². The van der Waals surface area contributed by atoms with Crippen LogP contribution < -0.4 is 0 Å². The van der Waals surface area contributed by atoms with Gasteiger partial charge in [0.2, 0.25) is 0 Å². The second-order valence-electron chi connectivity index (χ2n) is 6.09. The molecule has 0 bridgehead atoms. The van der Waals surface area contributed by atoms with E-state index in [0.717, 1.165) is 30.5 Å². The molecule has 2 nitrogen and oxygen atoms in total. The van der Waals surface area contributed by atoms with Crippen molar-refractivity contribution < 1.29 is 0 Å². The van der Waals surface area contributed by atoms with Crippen molar-refractivity contribution in [3.8, 4) is 6.07 Å². The predicted molar refractivity (Wildman–Crippen MR) is 96.8 cm³/mol. The van der Waals surface area contributed by atoms with E-state index in [4.69, 9.17) is 11.6 Å². The number of hydrogen-bond acceptors (Lipinski definition) is 2. The molecule has 0 N–H and O–H groups in total. The van der Waals surface area contributed by atoms with E-state index in [9.17, 15) is 5.26 Å². The van der Waals surface area contributed by atoms with Gasteiger partial charge < -0.3 is 4.90 Å². The topological polar surface area (TPSA) is 27.0 Å². The minimum Gasteiger partial charge on any atom is -0.309 e. The molecule has 0 saturated heterocycles. The summed E-state index contributed by atoms with van der Waals surface area (Å²) < 4.78 is 0. The van der Waals surface area contributed by atoms with Gasteiger partial charge in [0, 0.05) is 5.02 Å². The van der Waals surface area contributed by atoms with Crippen LogP contribution in [0.2, 0.25) is 5.02 Å². The molecule has 23 heavy (non-hydrogen) atoms. The second kappa shape index (κ2) is 7.64. The summed E-state index contributed by atoms with van der Waals surface area (Å²) in [7, 11) is 4.07. The van der Waals surface area contributed by atoms with Crippen LogP contribution in [0.25, 0.3) is 0 Å². The van der Waals surface area contributed by atoms with Gasteiger partial charge in [-0.3, -0.25) is 0 Å². The molecule has 0 amide bonds. The van der Waals surface area contributed by atoms with Crippen LogP contribution in [0.3, 0.4) is 0 Å². The number of hydrogen-bond donors (Lipinski definition) is 0. The standard InChI is InChI=1S/C20H23ClN2/c1-4-16-7-5-6-8-19(16)20(15-22,13-14-23(2)3)17-9-11-18(21)12-10-17/h5-12H,4,13-14H2,1-3H3. The molecule has 0 aliphatic rings. The van der Waals surface area contributed by atoms with Gasteiger partial charge in [-0.05, 0) is 62.3 Å². The predicted octanol–water partition coefficient (Wildman–Crippen LogP) is 4.66. The van der Waals surface area contributed by atoms with Crippen molar-refractivity contribution in [2.75, 3.05) is 20.6 Å². The third kappa shape index (κ3) is 3.75. The molecule has 2 aromatic carbocycles. The van der Waals surface area contributed by atoms with Crippen molar-refractivity contribution in [2.24, 2.45) is 0 Å². The van der Waals surface area contributed by atoms with Crippen molar-refractivity contribution in [2.45, 2.75) is 25.2 Å². The minimum absolute atomic E-state index is 0.651. The Hall–Kier alpha value is -1.82. The first kappa shape index (κ1) is 17.5. The van der Waals surface area contributed by atoms with E-state index in [1.807, 2.05) is 50.5 Å². The number of halogens is 1. The molecule has 0 fully saturated rings. The summed E-state index contributed by atoms with van der Waals surface area (Å²) >= 11 is 6.05. The maximum absolute atomic E-state index is 10.2. The highest BCUT2D eigenvalue weighted by molar-refractivity contribution is 6.30. The first-order chi connectivity index (χ1) is 11.0. The van der Waals surface area contributed by atoms with Crippen LogP contribution >= 0.6 is 11.6 Å². The Kier molecular flexibility index (Phi) is 5.82. The summed E-state index contributed by atoms with van der Waals surface area (Å²) in [4.78, 5) is 2.12. The quantitative estimate of drug-likeness (QED) is 0.771. The third-order valence-electron chi connectivity index (χ3n) is 4.32. The van der Waals surface area contributed by atoms with E-state index in [0.29, 0.717) is 5.02 Å². The van der Waals surface area contributed by atoms with Gasteiger partial charge in [-0.2, -0.15) is 5.26 Å². The molecule has 0 radical (unpaired) electrons. The zero-order chi connectivity index (χ0) is 16.9. The number of benzene rings is 2. The summed E-state index contributed by atoms with van der Waals surface area (Å²) in [5.41, 5.74) is 2.69. The highest BCUT2D eigenvalue weighted by Gasteiger charge is 2.35. The second-order valence-corrected chi connectivity index (χ2v) is 6.52. The summed E-state index contributed by atoms with van der Waals surface area (Å²) in [6.07, 6.45) is 1.66. The number of nitriles is 1. The Morgan fingerprint density at radius 2 is 1.74 bits per heavy atom. The van der Waals surface area contributed by atoms with Gasteiger partial charge >= 0.3 is 0 Å². The molecule has 1 atom stereocenters. The van der Waals surface area contributed by atoms with E-state index >= 15 is 0 Å². The monoisotopic (exact) mass is 326 g/mol. The van der Waals surface area contributed by atoms with Crippen molar-refractivity contribution in [3.63, 3.8) is 0 Å². The average Bonchev–Trinajstić information content (AvgIpc) is 2.57. The minimum atomic E-state index is -0.651. The number of nitrogens with zero attached hydrogens (tertiary/aromatic N) is 2. The zero-order valence-electron chi connectivity index (χ0n) is 14.0. The Labute approximate surface area is 144 Å². The maximum atomic E-state index is 10.2. The zero-order valence-corrected chi connectivity index (χ0v) is 14.8. The smallest absolute Gasteiger partial charge is 0.109 e. The lowest BCUT2D eigenvalue weighted by molar-refractivity contribution is 0.371. The maximum Gasteiger partial charge on any atom is 0.109 e. The number of rotatable bonds is 6. The van der Waals surface area contributed by atoms with Crippen LogP contribution in [0, 0.1) is 11.3 Å². The molecular weight excluding hydrogens is 304 g/mol. The van der Waals surface area contributed by atoms with Crippen LogP contribution in [0.4, 0.5) is 0 Å². The largest absolute Gasteiger partial charge is 0.309 e. The highest BCUT2D eigenvalue weighted by Crippen LogP contribution is 2.38. The van der Waals surface area contributed by atoms with Gasteiger partial charge in [-0.15, -0.1) is 0 Å². The fraction of sp³-hybridized carbons (Fsp3) is 0.350. The van der Waals surface area contributed by atoms with Gasteiger partial charge in [0.15, 0.2) is 0 Å². The Morgan fingerprint density at radius 1 is 1.09 bits per heavy atom. The lowest BCUT2D eigenvalue weighted by Gasteiger charge is -2.31. The van der Waals surface area contributed by atoms with Crippen LogP contribution in [0.5, 0.6) is 0 Å². The fourth-order valence-corrected chi connectivity index (χ4v) is 3.11. The Balaban J connectivity index is 2.62. The summed E-state index contributed by atoms with van der Waals surface area (Å²) in [5, 5.41) is 10.9. The van der Waals surface area contributed by atoms with Crippen molar-refractivity contribution in [3.05, 3.63) is 70.2 Å². The van der Waals surface area contributed by atoms with Crippen LogP contribution in [-0.2, 0) is 11.8 Å². The fourth-order valence-electron chi connectivity index (χ4n) is 2.99. The lowest BCUT2D eigenvalue weighted by Crippen LogP contribution is -2.31. The van der Waals surface area contributed by atoms with Gasteiger partial charge in [-0.25, -0.2) is 0 Å². The van der Waals surface area contributed by atoms with Gasteiger partial charge in [0.05, 0.1) is 6.07 Å². The first-order valence-corrected chi connectivity index (χ1v) is 8.31. The molecule has 0 aromatic heterocycles. The molecule has 120 valence electrons. The third-order valence-corrected chi connectivity index (χ3v) is 4.57. The molecule has 0 saturated carbocycles. The van der Waals surface area contributed by atoms with Crippen LogP contribution in [0.1, 0.15) is 30.0 Å². The van der Waals surface area contributed by atoms with Crippen molar-refractivity contribution in [1.82, 2.24) is 4.90 Å². The van der Waals surface area contributed by atoms with Gasteiger partial charge in [0.1, 0.15) is 5.41 Å². The van der Waals surface area contributed by atoms with Gasteiger partial charge in [0.25, 0.3) is 0 Å². The van der Waals surface area contributed by atoms with Crippen LogP contribution in [0.15, 0.2) is 48.5 Å². The van der Waals surface area contributed by atoms with Crippen LogP contribution in [-0.4, -0.2) is 25.5 Å². The van der Waals surface area contributed by atoms with Crippen molar-refractivity contribution >= 4 is 11.6 Å². The summed E-state index contributed by atoms with van der Waals surface area (Å²) in [6.45, 7) is 2.98. The molecule has 1 unspecified atom stereocenters. The number of aryl methyl sites for hydroxylation is 1. The normalized spacial score (nSPS) is 13.6. The first-order valence-electron chi connectivity index (χ1n) is 7.94. The lowest BCUT2D eigenvalue weighted by atomic mass is 9.71. The Bertz CT molecular complexity index is 686. The van der Waals surface area contributed by atoms with E-state index in [1.165, 1.54) is 5.56 Å². The summed E-state index contributed by atoms with van der Waals surface area (Å²) in [6, 6.07) is 18.6.